The van der Waals surface area contributed by atoms with Crippen LogP contribution >= 0.6 is 0 Å². The van der Waals surface area contributed by atoms with Crippen LogP contribution in [0.5, 0.6) is 0 Å². The fourth-order valence-electron chi connectivity index (χ4n) is 4.46. The number of nitrogens with one attached hydrogen (secondary N) is 3. The number of amides is 3. The Hall–Kier alpha value is -4.70. The molecule has 0 bridgehead atoms. The third kappa shape index (κ3) is 7.42. The second kappa shape index (κ2) is 13.2. The van der Waals surface area contributed by atoms with Crippen molar-refractivity contribution in [3.63, 3.8) is 0 Å². The number of aliphatic carboxylic acids is 1. The Bertz CT molecular complexity index is 1280. The van der Waals surface area contributed by atoms with E-state index in [9.17, 15) is 19.2 Å². The van der Waals surface area contributed by atoms with Crippen molar-refractivity contribution in [3.8, 4) is 11.1 Å². The van der Waals surface area contributed by atoms with Crippen molar-refractivity contribution in [2.45, 2.75) is 18.4 Å². The molecule has 3 aromatic rings. The van der Waals surface area contributed by atoms with E-state index in [4.69, 9.17) is 14.6 Å². The Morgan fingerprint density at radius 2 is 1.44 bits per heavy atom. The molecule has 3 aromatic carbocycles. The van der Waals surface area contributed by atoms with Gasteiger partial charge in [-0.05, 0) is 27.8 Å². The average Bonchev–Trinajstić information content (AvgIpc) is 3.26. The van der Waals surface area contributed by atoms with Gasteiger partial charge in [0.15, 0.2) is 0 Å². The topological polar surface area (TPSA) is 143 Å². The lowest BCUT2D eigenvalue weighted by Crippen LogP contribution is -2.50. The molecule has 1 aliphatic carbocycles. The van der Waals surface area contributed by atoms with Crippen molar-refractivity contribution in [1.29, 1.82) is 0 Å². The average molecular weight is 532 g/mol. The standard InChI is InChI=1S/C29H29N3O7/c33-26(31-18-38-17-27(34)35)15-30-28(36)25(14-19-8-2-1-3-9-19)32-29(37)39-16-24-22-12-6-4-10-20(22)21-11-5-7-13-23(21)24/h1-13,24-25H,14-18H2,(H,30,36)(H,31,33)(H,32,37)(H,34,35)/t25-/m0/s1. The third-order valence-corrected chi connectivity index (χ3v) is 6.26. The molecular formula is C29H29N3O7. The molecule has 39 heavy (non-hydrogen) atoms. The quantitative estimate of drug-likeness (QED) is 0.208. The summed E-state index contributed by atoms with van der Waals surface area (Å²) in [7, 11) is 0. The first-order chi connectivity index (χ1) is 18.9. The Morgan fingerprint density at radius 1 is 0.821 bits per heavy atom. The highest BCUT2D eigenvalue weighted by molar-refractivity contribution is 5.89. The minimum atomic E-state index is -1.17. The second-order valence-electron chi connectivity index (χ2n) is 8.92. The van der Waals surface area contributed by atoms with E-state index in [1.54, 1.807) is 0 Å². The molecule has 0 aromatic heterocycles. The lowest BCUT2D eigenvalue weighted by atomic mass is 9.98. The summed E-state index contributed by atoms with van der Waals surface area (Å²) in [5.41, 5.74) is 5.17. The highest BCUT2D eigenvalue weighted by Gasteiger charge is 2.30. The van der Waals surface area contributed by atoms with Gasteiger partial charge in [-0.15, -0.1) is 0 Å². The molecule has 202 valence electrons. The first kappa shape index (κ1) is 27.3. The lowest BCUT2D eigenvalue weighted by Gasteiger charge is -2.20. The summed E-state index contributed by atoms with van der Waals surface area (Å²) in [5.74, 6) is -2.44. The van der Waals surface area contributed by atoms with Crippen LogP contribution in [0.1, 0.15) is 22.6 Å². The molecule has 0 spiro atoms. The summed E-state index contributed by atoms with van der Waals surface area (Å²) in [6.07, 6.45) is -0.570. The van der Waals surface area contributed by atoms with Crippen molar-refractivity contribution in [3.05, 3.63) is 95.6 Å². The van der Waals surface area contributed by atoms with E-state index in [2.05, 4.69) is 16.0 Å². The van der Waals surface area contributed by atoms with Gasteiger partial charge in [0.25, 0.3) is 0 Å². The van der Waals surface area contributed by atoms with E-state index in [0.717, 1.165) is 27.8 Å². The summed E-state index contributed by atoms with van der Waals surface area (Å²) in [6, 6.07) is 24.1. The molecule has 0 fully saturated rings. The predicted molar refractivity (Wildman–Crippen MR) is 142 cm³/mol. The van der Waals surface area contributed by atoms with E-state index in [1.807, 2.05) is 78.9 Å². The van der Waals surface area contributed by atoms with Crippen LogP contribution in [0, 0.1) is 0 Å². The summed E-state index contributed by atoms with van der Waals surface area (Å²) >= 11 is 0. The summed E-state index contributed by atoms with van der Waals surface area (Å²) in [5, 5.41) is 16.0. The van der Waals surface area contributed by atoms with Crippen LogP contribution in [-0.4, -0.2) is 61.5 Å². The van der Waals surface area contributed by atoms with Crippen LogP contribution in [0.2, 0.25) is 0 Å². The van der Waals surface area contributed by atoms with Gasteiger partial charge >= 0.3 is 12.1 Å². The summed E-state index contributed by atoms with van der Waals surface area (Å²) < 4.78 is 10.3. The summed E-state index contributed by atoms with van der Waals surface area (Å²) in [6.45, 7) is -1.16. The third-order valence-electron chi connectivity index (χ3n) is 6.26. The van der Waals surface area contributed by atoms with Gasteiger partial charge in [0.1, 0.15) is 26.0 Å². The molecule has 4 rings (SSSR count). The van der Waals surface area contributed by atoms with Gasteiger partial charge < -0.3 is 30.5 Å². The maximum Gasteiger partial charge on any atom is 0.407 e. The molecule has 0 unspecified atom stereocenters. The van der Waals surface area contributed by atoms with Crippen LogP contribution in [0.15, 0.2) is 78.9 Å². The normalized spacial score (nSPS) is 12.5. The predicted octanol–water partition coefficient (Wildman–Crippen LogP) is 2.43. The lowest BCUT2D eigenvalue weighted by molar-refractivity contribution is -0.143. The van der Waals surface area contributed by atoms with Crippen molar-refractivity contribution < 1.29 is 33.8 Å². The zero-order valence-corrected chi connectivity index (χ0v) is 21.1. The maximum absolute atomic E-state index is 12.9. The molecule has 0 saturated carbocycles. The monoisotopic (exact) mass is 531 g/mol. The van der Waals surface area contributed by atoms with Gasteiger partial charge in [-0.1, -0.05) is 78.9 Å². The molecule has 0 aliphatic heterocycles. The zero-order chi connectivity index (χ0) is 27.6. The highest BCUT2D eigenvalue weighted by atomic mass is 16.5. The van der Waals surface area contributed by atoms with Gasteiger partial charge in [-0.3, -0.25) is 9.59 Å². The Morgan fingerprint density at radius 3 is 2.08 bits per heavy atom. The minimum absolute atomic E-state index is 0.0955. The van der Waals surface area contributed by atoms with Crippen LogP contribution in [-0.2, 0) is 30.3 Å². The van der Waals surface area contributed by atoms with Gasteiger partial charge in [-0.25, -0.2) is 9.59 Å². The number of carbonyl (C=O) groups is 4. The second-order valence-corrected chi connectivity index (χ2v) is 8.92. The highest BCUT2D eigenvalue weighted by Crippen LogP contribution is 2.44. The molecule has 0 heterocycles. The van der Waals surface area contributed by atoms with Crippen molar-refractivity contribution >= 4 is 23.9 Å². The van der Waals surface area contributed by atoms with Crippen molar-refractivity contribution in [2.75, 3.05) is 26.5 Å². The first-order valence-electron chi connectivity index (χ1n) is 12.4. The molecule has 3 amide bonds. The zero-order valence-electron chi connectivity index (χ0n) is 21.1. The van der Waals surface area contributed by atoms with E-state index >= 15 is 0 Å². The Balaban J connectivity index is 1.35. The SMILES string of the molecule is O=C(O)COCNC(=O)CNC(=O)[C@H](Cc1ccccc1)NC(=O)OCC1c2ccccc2-c2ccccc21. The molecule has 4 N–H and O–H groups in total. The van der Waals surface area contributed by atoms with Gasteiger partial charge in [-0.2, -0.15) is 0 Å². The molecule has 1 aliphatic rings. The van der Waals surface area contributed by atoms with E-state index < -0.39 is 36.5 Å². The number of hydrogen-bond acceptors (Lipinski definition) is 6. The van der Waals surface area contributed by atoms with Crippen molar-refractivity contribution in [2.24, 2.45) is 0 Å². The molecule has 10 heteroatoms. The number of fused-ring (bicyclic) bond motifs is 3. The number of carboxylic acid groups (broad SMARTS) is 1. The molecule has 0 saturated heterocycles. The Kier molecular flexibility index (Phi) is 9.25. The number of benzene rings is 3. The fraction of sp³-hybridized carbons (Fsp3) is 0.241. The van der Waals surface area contributed by atoms with E-state index in [0.29, 0.717) is 0 Å². The van der Waals surface area contributed by atoms with Gasteiger partial charge in [0.05, 0.1) is 6.54 Å². The summed E-state index contributed by atoms with van der Waals surface area (Å²) in [4.78, 5) is 48.2. The molecule has 1 atom stereocenters. The molecule has 0 radical (unpaired) electrons. The number of ether oxygens (including phenoxy) is 2. The molecular weight excluding hydrogens is 502 g/mol. The van der Waals surface area contributed by atoms with Crippen LogP contribution in [0.3, 0.4) is 0 Å². The van der Waals surface area contributed by atoms with E-state index in [1.165, 1.54) is 0 Å². The van der Waals surface area contributed by atoms with E-state index in [-0.39, 0.29) is 32.2 Å². The largest absolute Gasteiger partial charge is 0.480 e. The van der Waals surface area contributed by atoms with Crippen LogP contribution in [0.25, 0.3) is 11.1 Å². The van der Waals surface area contributed by atoms with Gasteiger partial charge in [0.2, 0.25) is 11.8 Å². The number of rotatable bonds is 12. The first-order valence-corrected chi connectivity index (χ1v) is 12.4. The number of carboxylic acids is 1. The maximum atomic E-state index is 12.9. The van der Waals surface area contributed by atoms with Crippen molar-refractivity contribution in [1.82, 2.24) is 16.0 Å². The molecule has 10 nitrogen and oxygen atoms in total. The number of carbonyl (C=O) groups excluding carboxylic acids is 3. The van der Waals surface area contributed by atoms with Crippen LogP contribution in [0.4, 0.5) is 4.79 Å². The Labute approximate surface area is 225 Å². The van der Waals surface area contributed by atoms with Crippen LogP contribution < -0.4 is 16.0 Å². The number of hydrogen-bond donors (Lipinski definition) is 4. The fourth-order valence-corrected chi connectivity index (χ4v) is 4.46. The minimum Gasteiger partial charge on any atom is -0.480 e. The van der Waals surface area contributed by atoms with Gasteiger partial charge in [0, 0.05) is 12.3 Å². The number of alkyl carbamates (subject to hydrolysis) is 1. The smallest absolute Gasteiger partial charge is 0.407 e.